The summed E-state index contributed by atoms with van der Waals surface area (Å²) in [5.41, 5.74) is 3.01. The maximum absolute atomic E-state index is 5.91. The first-order valence-electron chi connectivity index (χ1n) is 13.3. The minimum absolute atomic E-state index is 0.554. The predicted octanol–water partition coefficient (Wildman–Crippen LogP) is 10.9. The number of rotatable bonds is 9. The van der Waals surface area contributed by atoms with E-state index in [0.717, 1.165) is 22.7 Å². The van der Waals surface area contributed by atoms with Gasteiger partial charge in [0.2, 0.25) is 5.90 Å². The highest BCUT2D eigenvalue weighted by Gasteiger charge is 2.00. The molecule has 0 aromatic heterocycles. The van der Waals surface area contributed by atoms with Gasteiger partial charge in [-0.15, -0.1) is 0 Å². The molecule has 208 valence electrons. The van der Waals surface area contributed by atoms with Crippen molar-refractivity contribution in [1.82, 2.24) is 0 Å². The number of benzene rings is 5. The Labute approximate surface area is 261 Å². The van der Waals surface area contributed by atoms with Crippen molar-refractivity contribution < 1.29 is 4.74 Å². The third-order valence-electron chi connectivity index (χ3n) is 5.38. The molecule has 0 unspecified atom stereocenters. The third-order valence-corrected chi connectivity index (χ3v) is 7.63. The van der Waals surface area contributed by atoms with Crippen LogP contribution in [0.5, 0.6) is 5.75 Å². The minimum atomic E-state index is 0.554. The molecule has 0 heterocycles. The fraction of sp³-hybridized carbons (Fsp3) is 0. The van der Waals surface area contributed by atoms with Crippen LogP contribution < -0.4 is 10.1 Å². The van der Waals surface area contributed by atoms with Crippen LogP contribution in [0.4, 0.5) is 11.4 Å². The van der Waals surface area contributed by atoms with Crippen LogP contribution in [0, 0.1) is 0 Å². The van der Waals surface area contributed by atoms with E-state index < -0.39 is 0 Å². The van der Waals surface area contributed by atoms with Gasteiger partial charge in [0.05, 0.1) is 5.69 Å². The summed E-state index contributed by atoms with van der Waals surface area (Å²) in [7, 11) is 3.33. The summed E-state index contributed by atoms with van der Waals surface area (Å²) >= 11 is 5.24. The van der Waals surface area contributed by atoms with Crippen LogP contribution in [0.25, 0.3) is 6.08 Å². The summed E-state index contributed by atoms with van der Waals surface area (Å²) in [6, 6.07) is 49.8. The summed E-state index contributed by atoms with van der Waals surface area (Å²) in [5, 5.41) is 5.15. The highest BCUT2D eigenvalue weighted by Crippen LogP contribution is 2.31. The van der Waals surface area contributed by atoms with E-state index in [-0.39, 0.29) is 0 Å². The second kappa shape index (κ2) is 18.1. The fourth-order valence-electron chi connectivity index (χ4n) is 3.42. The summed E-state index contributed by atoms with van der Waals surface area (Å²) in [6.45, 7) is 0. The number of hydrogen-bond donors (Lipinski definition) is 1. The van der Waals surface area contributed by atoms with Gasteiger partial charge in [-0.3, -0.25) is 0 Å². The van der Waals surface area contributed by atoms with Crippen LogP contribution in [0.2, 0.25) is 0 Å². The van der Waals surface area contributed by atoms with E-state index in [1.807, 2.05) is 163 Å². The first-order chi connectivity index (χ1) is 20.7. The Hall–Kier alpha value is -4.36. The topological polar surface area (TPSA) is 33.6 Å². The Balaban J connectivity index is 0.000000208. The number of hydrogen-bond acceptors (Lipinski definition) is 5. The minimum Gasteiger partial charge on any atom is -0.439 e. The molecule has 3 nitrogen and oxygen atoms in total. The Kier molecular flexibility index (Phi) is 13.2. The highest BCUT2D eigenvalue weighted by molar-refractivity contribution is 8.77. The van der Waals surface area contributed by atoms with Gasteiger partial charge in [-0.05, 0) is 65.6 Å². The molecule has 42 heavy (non-hydrogen) atoms. The van der Waals surface area contributed by atoms with E-state index in [1.54, 1.807) is 21.6 Å². The summed E-state index contributed by atoms with van der Waals surface area (Å²) in [6.07, 6.45) is 5.79. The Bertz CT molecular complexity index is 1560. The SMILES string of the molecule is C(=C\C(=N\c1ccccc1)Oc1ccccc1)/SSc1ccccc1.S=C(/C=C\c1ccccc1)Nc1ccccc1. The predicted molar refractivity (Wildman–Crippen MR) is 188 cm³/mol. The van der Waals surface area contributed by atoms with E-state index in [2.05, 4.69) is 22.4 Å². The van der Waals surface area contributed by atoms with Crippen LogP contribution in [-0.4, -0.2) is 10.9 Å². The first-order valence-corrected chi connectivity index (χ1v) is 15.9. The quantitative estimate of drug-likeness (QED) is 0.0597. The van der Waals surface area contributed by atoms with E-state index in [4.69, 9.17) is 17.0 Å². The number of ether oxygens (including phenoxy) is 1. The Morgan fingerprint density at radius 3 is 1.83 bits per heavy atom. The molecule has 0 radical (unpaired) electrons. The number of thiocarbonyl (C=S) groups is 1. The molecule has 0 aliphatic rings. The number of para-hydroxylation sites is 3. The largest absolute Gasteiger partial charge is 0.439 e. The molecule has 1 N–H and O–H groups in total. The van der Waals surface area contributed by atoms with Gasteiger partial charge in [-0.25, -0.2) is 4.99 Å². The van der Waals surface area contributed by atoms with E-state index in [9.17, 15) is 0 Å². The van der Waals surface area contributed by atoms with Crippen LogP contribution in [-0.2, 0) is 0 Å². The summed E-state index contributed by atoms with van der Waals surface area (Å²) in [4.78, 5) is 6.50. The molecule has 0 aliphatic carbocycles. The van der Waals surface area contributed by atoms with Crippen molar-refractivity contribution in [1.29, 1.82) is 0 Å². The van der Waals surface area contributed by atoms with Crippen molar-refractivity contribution >= 4 is 62.1 Å². The average molecular weight is 603 g/mol. The van der Waals surface area contributed by atoms with Gasteiger partial charge in [0.25, 0.3) is 0 Å². The van der Waals surface area contributed by atoms with Crippen LogP contribution in [0.15, 0.2) is 179 Å². The zero-order valence-electron chi connectivity index (χ0n) is 22.8. The van der Waals surface area contributed by atoms with Crippen LogP contribution in [0.1, 0.15) is 5.56 Å². The number of nitrogens with zero attached hydrogens (tertiary/aromatic N) is 1. The molecular weight excluding hydrogens is 573 g/mol. The maximum Gasteiger partial charge on any atom is 0.220 e. The smallest absolute Gasteiger partial charge is 0.220 e. The van der Waals surface area contributed by atoms with Crippen LogP contribution >= 0.6 is 33.8 Å². The summed E-state index contributed by atoms with van der Waals surface area (Å²) in [5.74, 6) is 1.32. The van der Waals surface area contributed by atoms with Crippen molar-refractivity contribution in [3.8, 4) is 5.75 Å². The van der Waals surface area contributed by atoms with E-state index in [0.29, 0.717) is 10.9 Å². The first kappa shape index (κ1) is 30.6. The van der Waals surface area contributed by atoms with Gasteiger partial charge >= 0.3 is 0 Å². The Morgan fingerprint density at radius 1 is 0.643 bits per heavy atom. The standard InChI is InChI=1S/C21H17NOS2.C15H13NS/c1-4-10-18(11-5-1)22-21(23-19-12-6-2-7-13-19)16-17-24-25-20-14-8-3-9-15-20;17-15(16-14-9-5-2-6-10-14)12-11-13-7-3-1-4-8-13/h1-17H;1-12H,(H,16,17)/b17-16+,22-21-;12-11-. The molecule has 0 atom stereocenters. The second-order valence-electron chi connectivity index (χ2n) is 8.60. The molecule has 5 rings (SSSR count). The molecule has 0 amide bonds. The lowest BCUT2D eigenvalue weighted by atomic mass is 10.2. The van der Waals surface area contributed by atoms with Gasteiger partial charge in [0.15, 0.2) is 0 Å². The van der Waals surface area contributed by atoms with E-state index >= 15 is 0 Å². The van der Waals surface area contributed by atoms with Gasteiger partial charge < -0.3 is 10.1 Å². The molecule has 0 bridgehead atoms. The van der Waals surface area contributed by atoms with Crippen molar-refractivity contribution in [2.45, 2.75) is 4.90 Å². The maximum atomic E-state index is 5.91. The van der Waals surface area contributed by atoms with Crippen LogP contribution in [0.3, 0.4) is 0 Å². The lowest BCUT2D eigenvalue weighted by Crippen LogP contribution is -2.04. The molecule has 0 spiro atoms. The van der Waals surface area contributed by atoms with Gasteiger partial charge in [0.1, 0.15) is 10.7 Å². The number of anilines is 1. The molecule has 5 aromatic rings. The van der Waals surface area contributed by atoms with Crippen molar-refractivity contribution in [3.05, 3.63) is 175 Å². The average Bonchev–Trinajstić information content (AvgIpc) is 3.05. The summed E-state index contributed by atoms with van der Waals surface area (Å²) < 4.78 is 5.91. The van der Waals surface area contributed by atoms with Crippen molar-refractivity contribution in [2.24, 2.45) is 4.99 Å². The molecular formula is C36H30N2OS3. The van der Waals surface area contributed by atoms with Crippen molar-refractivity contribution in [3.63, 3.8) is 0 Å². The lowest BCUT2D eigenvalue weighted by Gasteiger charge is -2.05. The molecule has 0 aliphatic heterocycles. The zero-order valence-corrected chi connectivity index (χ0v) is 25.3. The lowest BCUT2D eigenvalue weighted by molar-refractivity contribution is 0.556. The van der Waals surface area contributed by atoms with Crippen molar-refractivity contribution in [2.75, 3.05) is 5.32 Å². The highest BCUT2D eigenvalue weighted by atomic mass is 33.1. The van der Waals surface area contributed by atoms with Gasteiger partial charge in [-0.1, -0.05) is 143 Å². The molecule has 5 aromatic carbocycles. The second-order valence-corrected chi connectivity index (χ2v) is 11.2. The normalized spacial score (nSPS) is 11.1. The van der Waals surface area contributed by atoms with Gasteiger partial charge in [0, 0.05) is 16.7 Å². The molecule has 0 fully saturated rings. The Morgan fingerprint density at radius 2 is 1.19 bits per heavy atom. The van der Waals surface area contributed by atoms with Gasteiger partial charge in [-0.2, -0.15) is 0 Å². The molecule has 6 heteroatoms. The fourth-order valence-corrected chi connectivity index (χ4v) is 5.21. The molecule has 0 saturated heterocycles. The number of nitrogens with one attached hydrogen (secondary N) is 1. The third kappa shape index (κ3) is 12.0. The monoisotopic (exact) mass is 602 g/mol. The molecule has 0 saturated carbocycles. The van der Waals surface area contributed by atoms with E-state index in [1.165, 1.54) is 4.90 Å². The number of aliphatic imine (C=N–C) groups is 1. The zero-order chi connectivity index (χ0) is 29.1.